The molecule has 0 aliphatic heterocycles. The molecular weight excluding hydrogens is 228 g/mol. The number of nitrogens with one attached hydrogen (secondary N) is 1. The van der Waals surface area contributed by atoms with Gasteiger partial charge in [0, 0.05) is 13.1 Å². The molecule has 0 aromatic carbocycles. The highest BCUT2D eigenvalue weighted by Crippen LogP contribution is 2.21. The largest absolute Gasteiger partial charge is 0.476 e. The quantitative estimate of drug-likeness (QED) is 0.802. The van der Waals surface area contributed by atoms with Gasteiger partial charge in [0.15, 0.2) is 0 Å². The summed E-state index contributed by atoms with van der Waals surface area (Å²) in [5.74, 6) is 2.30. The van der Waals surface area contributed by atoms with E-state index in [4.69, 9.17) is 4.74 Å². The highest BCUT2D eigenvalue weighted by atomic mass is 16.5. The van der Waals surface area contributed by atoms with Gasteiger partial charge < -0.3 is 15.0 Å². The number of ether oxygens (including phenoxy) is 1. The molecule has 5 heteroatoms. The van der Waals surface area contributed by atoms with E-state index in [0.29, 0.717) is 12.5 Å². The number of aryl methyl sites for hydroxylation is 1. The molecule has 1 rings (SSSR count). The lowest BCUT2D eigenvalue weighted by Crippen LogP contribution is -2.20. The van der Waals surface area contributed by atoms with Crippen LogP contribution in [0.2, 0.25) is 0 Å². The molecule has 0 saturated carbocycles. The fraction of sp³-hybridized carbons (Fsp3) is 0.692. The van der Waals surface area contributed by atoms with Gasteiger partial charge in [-0.2, -0.15) is 4.98 Å². The fourth-order valence-electron chi connectivity index (χ4n) is 1.48. The van der Waals surface area contributed by atoms with Crippen molar-refractivity contribution in [2.45, 2.75) is 27.2 Å². The third-order valence-electron chi connectivity index (χ3n) is 2.53. The Balaban J connectivity index is 2.74. The highest BCUT2D eigenvalue weighted by Gasteiger charge is 2.09. The van der Waals surface area contributed by atoms with Crippen LogP contribution >= 0.6 is 0 Å². The van der Waals surface area contributed by atoms with Gasteiger partial charge in [0.2, 0.25) is 5.88 Å². The van der Waals surface area contributed by atoms with Crippen molar-refractivity contribution in [3.8, 4) is 5.88 Å². The van der Waals surface area contributed by atoms with Crippen LogP contribution in [0.1, 0.15) is 24.7 Å². The SMILES string of the molecule is CCCNc1nc(C)nc(OCCN(C)C)c1C. The van der Waals surface area contributed by atoms with Crippen molar-refractivity contribution in [2.24, 2.45) is 0 Å². The predicted molar refractivity (Wildman–Crippen MR) is 74.3 cm³/mol. The van der Waals surface area contributed by atoms with Crippen LogP contribution < -0.4 is 10.1 Å². The summed E-state index contributed by atoms with van der Waals surface area (Å²) in [6.45, 7) is 8.43. The van der Waals surface area contributed by atoms with Gasteiger partial charge >= 0.3 is 0 Å². The molecule has 18 heavy (non-hydrogen) atoms. The summed E-state index contributed by atoms with van der Waals surface area (Å²) < 4.78 is 5.72. The van der Waals surface area contributed by atoms with Gasteiger partial charge in [-0.25, -0.2) is 4.98 Å². The Labute approximate surface area is 110 Å². The monoisotopic (exact) mass is 252 g/mol. The van der Waals surface area contributed by atoms with E-state index in [1.165, 1.54) is 0 Å². The number of likely N-dealkylation sites (N-methyl/N-ethyl adjacent to an activating group) is 1. The zero-order valence-corrected chi connectivity index (χ0v) is 12.1. The van der Waals surface area contributed by atoms with Crippen molar-refractivity contribution < 1.29 is 4.74 Å². The van der Waals surface area contributed by atoms with Crippen molar-refractivity contribution in [2.75, 3.05) is 39.1 Å². The van der Waals surface area contributed by atoms with E-state index in [9.17, 15) is 0 Å². The van der Waals surface area contributed by atoms with Gasteiger partial charge in [-0.3, -0.25) is 0 Å². The number of anilines is 1. The average Bonchev–Trinajstić information content (AvgIpc) is 2.30. The van der Waals surface area contributed by atoms with Crippen LogP contribution in [0.4, 0.5) is 5.82 Å². The maximum Gasteiger partial charge on any atom is 0.221 e. The Morgan fingerprint density at radius 3 is 2.56 bits per heavy atom. The number of hydrogen-bond acceptors (Lipinski definition) is 5. The Kier molecular flexibility index (Phi) is 5.85. The molecule has 0 unspecified atom stereocenters. The second-order valence-electron chi connectivity index (χ2n) is 4.63. The second-order valence-corrected chi connectivity index (χ2v) is 4.63. The lowest BCUT2D eigenvalue weighted by Gasteiger charge is -2.14. The predicted octanol–water partition coefficient (Wildman–Crippen LogP) is 1.86. The zero-order chi connectivity index (χ0) is 13.5. The highest BCUT2D eigenvalue weighted by molar-refractivity contribution is 5.48. The summed E-state index contributed by atoms with van der Waals surface area (Å²) in [6.07, 6.45) is 1.07. The van der Waals surface area contributed by atoms with Crippen molar-refractivity contribution in [3.05, 3.63) is 11.4 Å². The van der Waals surface area contributed by atoms with Crippen LogP contribution in [0.5, 0.6) is 5.88 Å². The molecule has 1 heterocycles. The Hall–Kier alpha value is -1.36. The summed E-state index contributed by atoms with van der Waals surface area (Å²) in [5, 5.41) is 3.30. The van der Waals surface area contributed by atoms with E-state index < -0.39 is 0 Å². The average molecular weight is 252 g/mol. The van der Waals surface area contributed by atoms with Crippen molar-refractivity contribution in [1.82, 2.24) is 14.9 Å². The molecule has 1 aromatic rings. The van der Waals surface area contributed by atoms with E-state index >= 15 is 0 Å². The zero-order valence-electron chi connectivity index (χ0n) is 12.1. The van der Waals surface area contributed by atoms with Crippen LogP contribution in [-0.4, -0.2) is 48.7 Å². The van der Waals surface area contributed by atoms with Gasteiger partial charge in [0.05, 0.1) is 5.56 Å². The third kappa shape index (κ3) is 4.49. The molecule has 0 aliphatic rings. The molecular formula is C13H24N4O. The van der Waals surface area contributed by atoms with Gasteiger partial charge in [0.1, 0.15) is 18.2 Å². The van der Waals surface area contributed by atoms with Crippen LogP contribution in [0.3, 0.4) is 0 Å². The lowest BCUT2D eigenvalue weighted by molar-refractivity contribution is 0.252. The van der Waals surface area contributed by atoms with Gasteiger partial charge in [-0.05, 0) is 34.4 Å². The van der Waals surface area contributed by atoms with Crippen LogP contribution in [0, 0.1) is 13.8 Å². The Morgan fingerprint density at radius 1 is 1.22 bits per heavy atom. The molecule has 0 amide bonds. The Bertz CT molecular complexity index is 379. The van der Waals surface area contributed by atoms with Crippen LogP contribution in [-0.2, 0) is 0 Å². The van der Waals surface area contributed by atoms with Gasteiger partial charge in [-0.15, -0.1) is 0 Å². The third-order valence-corrected chi connectivity index (χ3v) is 2.53. The normalized spacial score (nSPS) is 10.8. The van der Waals surface area contributed by atoms with Crippen molar-refractivity contribution >= 4 is 5.82 Å². The maximum absolute atomic E-state index is 5.72. The molecule has 5 nitrogen and oxygen atoms in total. The second kappa shape index (κ2) is 7.16. The van der Waals surface area contributed by atoms with E-state index in [0.717, 1.165) is 36.7 Å². The maximum atomic E-state index is 5.72. The van der Waals surface area contributed by atoms with E-state index in [2.05, 4.69) is 27.1 Å². The van der Waals surface area contributed by atoms with Gasteiger partial charge in [0.25, 0.3) is 0 Å². The molecule has 0 aliphatic carbocycles. The minimum absolute atomic E-state index is 0.636. The minimum Gasteiger partial charge on any atom is -0.476 e. The van der Waals surface area contributed by atoms with E-state index in [1.54, 1.807) is 0 Å². The van der Waals surface area contributed by atoms with Crippen molar-refractivity contribution in [3.63, 3.8) is 0 Å². The standard InChI is InChI=1S/C13H24N4O/c1-6-7-14-12-10(2)13(16-11(3)15-12)18-9-8-17(4)5/h6-9H2,1-5H3,(H,14,15,16). The smallest absolute Gasteiger partial charge is 0.221 e. The first-order chi connectivity index (χ1) is 8.54. The first-order valence-corrected chi connectivity index (χ1v) is 6.41. The number of hydrogen-bond donors (Lipinski definition) is 1. The summed E-state index contributed by atoms with van der Waals surface area (Å²) in [4.78, 5) is 10.8. The van der Waals surface area contributed by atoms with E-state index in [-0.39, 0.29) is 0 Å². The first kappa shape index (κ1) is 14.7. The Morgan fingerprint density at radius 2 is 1.94 bits per heavy atom. The topological polar surface area (TPSA) is 50.3 Å². The molecule has 0 bridgehead atoms. The lowest BCUT2D eigenvalue weighted by atomic mass is 10.3. The van der Waals surface area contributed by atoms with Gasteiger partial charge in [-0.1, -0.05) is 6.92 Å². The molecule has 0 spiro atoms. The number of nitrogens with zero attached hydrogens (tertiary/aromatic N) is 3. The van der Waals surface area contributed by atoms with Crippen molar-refractivity contribution in [1.29, 1.82) is 0 Å². The van der Waals surface area contributed by atoms with Crippen LogP contribution in [0.15, 0.2) is 0 Å². The summed E-state index contributed by atoms with van der Waals surface area (Å²) in [5.41, 5.74) is 0.979. The molecule has 0 radical (unpaired) electrons. The summed E-state index contributed by atoms with van der Waals surface area (Å²) in [6, 6.07) is 0. The summed E-state index contributed by atoms with van der Waals surface area (Å²) in [7, 11) is 4.05. The summed E-state index contributed by atoms with van der Waals surface area (Å²) >= 11 is 0. The van der Waals surface area contributed by atoms with E-state index in [1.807, 2.05) is 27.9 Å². The number of rotatable bonds is 7. The fourth-order valence-corrected chi connectivity index (χ4v) is 1.48. The molecule has 1 N–H and O–H groups in total. The molecule has 1 aromatic heterocycles. The molecule has 0 atom stereocenters. The molecule has 0 saturated heterocycles. The number of aromatic nitrogens is 2. The first-order valence-electron chi connectivity index (χ1n) is 6.41. The minimum atomic E-state index is 0.636. The van der Waals surface area contributed by atoms with Crippen LogP contribution in [0.25, 0.3) is 0 Å². The molecule has 102 valence electrons. The molecule has 0 fully saturated rings.